The summed E-state index contributed by atoms with van der Waals surface area (Å²) in [6.07, 6.45) is 0. The van der Waals surface area contributed by atoms with Crippen LogP contribution >= 0.6 is 6.89 Å². The molecule has 3 nitrogen and oxygen atoms in total. The zero-order valence-corrected chi connectivity index (χ0v) is 26.7. The van der Waals surface area contributed by atoms with Crippen molar-refractivity contribution in [1.82, 2.24) is 9.97 Å². The lowest BCUT2D eigenvalue weighted by Crippen LogP contribution is -2.35. The Morgan fingerprint density at radius 1 is 0.478 bits per heavy atom. The van der Waals surface area contributed by atoms with Crippen molar-refractivity contribution < 1.29 is 4.79 Å². The van der Waals surface area contributed by atoms with Crippen molar-refractivity contribution in [3.05, 3.63) is 186 Å². The van der Waals surface area contributed by atoms with E-state index >= 15 is 4.79 Å². The third kappa shape index (κ3) is 5.30. The lowest BCUT2D eigenvalue weighted by Gasteiger charge is -2.33. The predicted molar refractivity (Wildman–Crippen MR) is 194 cm³/mol. The Morgan fingerprint density at radius 2 is 0.891 bits per heavy atom. The van der Waals surface area contributed by atoms with Crippen LogP contribution in [-0.2, 0) is 0 Å². The predicted octanol–water partition coefficient (Wildman–Crippen LogP) is 8.31. The van der Waals surface area contributed by atoms with E-state index in [1.807, 2.05) is 73.7 Å². The van der Waals surface area contributed by atoms with E-state index in [1.165, 1.54) is 0 Å². The molecule has 0 N–H and O–H groups in total. The number of carbonyl (C=O) groups is 1. The third-order valence-corrected chi connectivity index (χ3v) is 12.7. The molecule has 0 atom stereocenters. The second-order valence-corrected chi connectivity index (χ2v) is 14.8. The number of aryl methyl sites for hydroxylation is 2. The highest BCUT2D eigenvalue weighted by Gasteiger charge is 2.36. The molecule has 0 saturated carbocycles. The maximum absolute atomic E-state index is 15.5. The summed E-state index contributed by atoms with van der Waals surface area (Å²) in [6, 6.07) is 55.6. The quantitative estimate of drug-likeness (QED) is 0.134. The Hall–Kier alpha value is -5.37. The average Bonchev–Trinajstić information content (AvgIpc) is 3.11. The van der Waals surface area contributed by atoms with Gasteiger partial charge in [-0.3, -0.25) is 4.79 Å². The van der Waals surface area contributed by atoms with Crippen LogP contribution in [0.2, 0.25) is 0 Å². The van der Waals surface area contributed by atoms with Crippen molar-refractivity contribution >= 4 is 44.9 Å². The number of benzene rings is 6. The van der Waals surface area contributed by atoms with Crippen molar-refractivity contribution in [3.8, 4) is 11.3 Å². The fraction of sp³-hybridized carbons (Fsp3) is 0.0476. The van der Waals surface area contributed by atoms with Crippen LogP contribution in [0.15, 0.2) is 164 Å². The summed E-state index contributed by atoms with van der Waals surface area (Å²) in [6.45, 7) is 1.23. The highest BCUT2D eigenvalue weighted by Crippen LogP contribution is 2.49. The van der Waals surface area contributed by atoms with E-state index < -0.39 is 6.89 Å². The molecular weight excluding hydrogens is 579 g/mol. The van der Waals surface area contributed by atoms with E-state index in [-0.39, 0.29) is 5.78 Å². The highest BCUT2D eigenvalue weighted by molar-refractivity contribution is 7.97. The zero-order chi connectivity index (χ0) is 31.5. The Bertz CT molecular complexity index is 2110. The molecule has 0 fully saturated rings. The number of carbonyl (C=O) groups excluding carboxylic acids is 1. The van der Waals surface area contributed by atoms with E-state index in [0.717, 1.165) is 43.6 Å². The molecule has 0 amide bonds. The number of para-hydroxylation sites is 2. The van der Waals surface area contributed by atoms with Gasteiger partial charge in [0, 0.05) is 11.1 Å². The van der Waals surface area contributed by atoms with Gasteiger partial charge >= 0.3 is 0 Å². The highest BCUT2D eigenvalue weighted by atomic mass is 31.2. The summed E-state index contributed by atoms with van der Waals surface area (Å²) < 4.78 is 0. The van der Waals surface area contributed by atoms with Gasteiger partial charge in [0.05, 0.1) is 22.0 Å². The van der Waals surface area contributed by atoms with Crippen molar-refractivity contribution in [2.24, 2.45) is 0 Å². The molecule has 4 heteroatoms. The number of Topliss-reactive ketones (excluding diaryl/α,β-unsaturated/α-hetero) is 1. The topological polar surface area (TPSA) is 42.9 Å². The number of rotatable bonds is 7. The van der Waals surface area contributed by atoms with E-state index in [2.05, 4.69) is 104 Å². The molecule has 0 aliphatic rings. The first-order valence-electron chi connectivity index (χ1n) is 15.4. The molecule has 222 valence electrons. The molecule has 0 radical (unpaired) electrons. The first-order valence-corrected chi connectivity index (χ1v) is 17.2. The fourth-order valence-electron chi connectivity index (χ4n) is 6.13. The number of fused-ring (bicyclic) bond motifs is 1. The van der Waals surface area contributed by atoms with Gasteiger partial charge in [-0.25, -0.2) is 9.97 Å². The summed E-state index contributed by atoms with van der Waals surface area (Å²) in [5.41, 5.74) is 6.62. The van der Waals surface area contributed by atoms with Crippen LogP contribution in [-0.4, -0.2) is 21.0 Å². The number of hydrogen-bond donors (Lipinski definition) is 0. The van der Waals surface area contributed by atoms with Gasteiger partial charge in [0.25, 0.3) is 0 Å². The molecule has 0 unspecified atom stereocenters. The van der Waals surface area contributed by atoms with Crippen LogP contribution in [0.3, 0.4) is 0 Å². The Kier molecular flexibility index (Phi) is 8.01. The molecular formula is C42H33N2OP. The standard InChI is InChI=1S/C42H33N2OP/c1-30-22-26-32(27-23-30)39-40(44-38-21-13-12-20-37(38)43-39)42(41(45)33-28-24-31(2)25-29-33)46(34-14-6-3-7-15-34,35-16-8-4-9-17-35)36-18-10-5-11-19-36/h3-29H,1-2H3. The maximum Gasteiger partial charge on any atom is 0.196 e. The van der Waals surface area contributed by atoms with Crippen molar-refractivity contribution in [3.63, 3.8) is 0 Å². The van der Waals surface area contributed by atoms with Crippen LogP contribution in [0.1, 0.15) is 27.2 Å². The lowest BCUT2D eigenvalue weighted by molar-refractivity contribution is 0.106. The largest absolute Gasteiger partial charge is 0.288 e. The molecule has 46 heavy (non-hydrogen) atoms. The molecule has 7 aromatic rings. The number of nitrogens with zero attached hydrogens (tertiary/aromatic N) is 2. The van der Waals surface area contributed by atoms with Gasteiger partial charge in [-0.15, -0.1) is 0 Å². The van der Waals surface area contributed by atoms with Gasteiger partial charge in [0.1, 0.15) is 5.69 Å². The number of hydrogen-bond acceptors (Lipinski definition) is 3. The minimum absolute atomic E-state index is 0.0529. The van der Waals surface area contributed by atoms with Crippen LogP contribution in [0, 0.1) is 13.8 Å². The van der Waals surface area contributed by atoms with Crippen LogP contribution < -0.4 is 15.9 Å². The third-order valence-electron chi connectivity index (χ3n) is 8.41. The molecule has 0 aliphatic carbocycles. The van der Waals surface area contributed by atoms with Crippen LogP contribution in [0.4, 0.5) is 0 Å². The van der Waals surface area contributed by atoms with Crippen molar-refractivity contribution in [1.29, 1.82) is 0 Å². The first-order chi connectivity index (χ1) is 22.6. The second-order valence-electron chi connectivity index (χ2n) is 11.5. The molecule has 6 aromatic carbocycles. The second kappa shape index (κ2) is 12.6. The Morgan fingerprint density at radius 3 is 1.37 bits per heavy atom. The molecule has 1 heterocycles. The summed E-state index contributed by atoms with van der Waals surface area (Å²) in [5, 5.41) is 3.89. The number of ketones is 1. The normalized spacial score (nSPS) is 11.3. The number of aromatic nitrogens is 2. The van der Waals surface area contributed by atoms with Gasteiger partial charge in [0.2, 0.25) is 0 Å². The fourth-order valence-corrected chi connectivity index (χ4v) is 10.6. The summed E-state index contributed by atoms with van der Waals surface area (Å²) in [4.78, 5) is 26.2. The zero-order valence-electron chi connectivity index (χ0n) is 25.8. The Labute approximate surface area is 270 Å². The van der Waals surface area contributed by atoms with Crippen LogP contribution in [0.5, 0.6) is 0 Å². The monoisotopic (exact) mass is 612 g/mol. The summed E-state index contributed by atoms with van der Waals surface area (Å²) in [5.74, 6) is -0.0529. The van der Waals surface area contributed by atoms with Gasteiger partial charge < -0.3 is 0 Å². The van der Waals surface area contributed by atoms with Gasteiger partial charge in [-0.1, -0.05) is 163 Å². The smallest absolute Gasteiger partial charge is 0.196 e. The maximum atomic E-state index is 15.5. The minimum Gasteiger partial charge on any atom is -0.288 e. The summed E-state index contributed by atoms with van der Waals surface area (Å²) >= 11 is 0. The molecule has 0 spiro atoms. The van der Waals surface area contributed by atoms with E-state index in [9.17, 15) is 0 Å². The minimum atomic E-state index is -2.89. The van der Waals surface area contributed by atoms with E-state index in [0.29, 0.717) is 22.2 Å². The van der Waals surface area contributed by atoms with Crippen LogP contribution in [0.25, 0.3) is 22.3 Å². The molecule has 0 saturated heterocycles. The average molecular weight is 613 g/mol. The lowest BCUT2D eigenvalue weighted by atomic mass is 10.0. The SMILES string of the molecule is Cc1ccc(C(=O)C(c2nc3ccccc3nc2-c2ccc(C)cc2)=P(c2ccccc2)(c2ccccc2)c2ccccc2)cc1. The van der Waals surface area contributed by atoms with Crippen molar-refractivity contribution in [2.75, 3.05) is 0 Å². The Balaban J connectivity index is 1.77. The van der Waals surface area contributed by atoms with Gasteiger partial charge in [-0.05, 0) is 48.8 Å². The molecule has 0 bridgehead atoms. The summed E-state index contributed by atoms with van der Waals surface area (Å²) in [7, 11) is 0. The van der Waals surface area contributed by atoms with E-state index in [1.54, 1.807) is 0 Å². The molecule has 7 rings (SSSR count). The first kappa shape index (κ1) is 29.3. The van der Waals surface area contributed by atoms with Gasteiger partial charge in [0.15, 0.2) is 5.78 Å². The van der Waals surface area contributed by atoms with Gasteiger partial charge in [-0.2, -0.15) is 0 Å². The van der Waals surface area contributed by atoms with Crippen molar-refractivity contribution in [2.45, 2.75) is 13.8 Å². The van der Waals surface area contributed by atoms with E-state index in [4.69, 9.17) is 9.97 Å². The molecule has 1 aromatic heterocycles. The molecule has 0 aliphatic heterocycles.